The lowest BCUT2D eigenvalue weighted by atomic mass is 10.2. The van der Waals surface area contributed by atoms with Gasteiger partial charge in [0, 0.05) is 54.0 Å². The van der Waals surface area contributed by atoms with E-state index in [4.69, 9.17) is 4.42 Å². The third-order valence-electron chi connectivity index (χ3n) is 8.06. The molecule has 1 aliphatic heterocycles. The number of anilines is 2. The van der Waals surface area contributed by atoms with E-state index in [1.807, 2.05) is 77.4 Å². The van der Waals surface area contributed by atoms with Crippen molar-refractivity contribution in [1.82, 2.24) is 10.2 Å². The highest BCUT2D eigenvalue weighted by atomic mass is 32.2. The van der Waals surface area contributed by atoms with Crippen LogP contribution >= 0.6 is 11.8 Å². The predicted octanol–water partition coefficient (Wildman–Crippen LogP) is 7.32. The number of thioether (sulfide) groups is 1. The van der Waals surface area contributed by atoms with Gasteiger partial charge in [-0.2, -0.15) is 0 Å². The third-order valence-corrected chi connectivity index (χ3v) is 9.16. The molecule has 1 aliphatic rings. The van der Waals surface area contributed by atoms with Gasteiger partial charge in [-0.15, -0.1) is 11.8 Å². The average Bonchev–Trinajstić information content (AvgIpc) is 3.61. The number of amides is 3. The van der Waals surface area contributed by atoms with E-state index in [0.29, 0.717) is 54.6 Å². The fraction of sp³-hybridized carbons (Fsp3) is 0.154. The molecule has 248 valence electrons. The first-order valence-electron chi connectivity index (χ1n) is 15.9. The lowest BCUT2D eigenvalue weighted by molar-refractivity contribution is -0.130. The Labute approximate surface area is 288 Å². The quantitative estimate of drug-likeness (QED) is 0.119. The first-order chi connectivity index (χ1) is 23.8. The van der Waals surface area contributed by atoms with Gasteiger partial charge in [-0.05, 0) is 67.6 Å². The molecule has 3 amide bonds. The van der Waals surface area contributed by atoms with Crippen molar-refractivity contribution in [3.63, 3.8) is 0 Å². The van der Waals surface area contributed by atoms with Crippen molar-refractivity contribution >= 4 is 46.9 Å². The van der Waals surface area contributed by atoms with Gasteiger partial charge in [0.25, 0.3) is 11.8 Å². The first-order valence-corrected chi connectivity index (χ1v) is 16.8. The number of para-hydroxylation sites is 1. The molecule has 49 heavy (non-hydrogen) atoms. The smallest absolute Gasteiger partial charge is 0.272 e. The summed E-state index contributed by atoms with van der Waals surface area (Å²) in [4.78, 5) is 44.4. The Balaban J connectivity index is 1.09. The van der Waals surface area contributed by atoms with Crippen molar-refractivity contribution in [2.24, 2.45) is 0 Å². The molecule has 1 unspecified atom stereocenters. The normalized spacial score (nSPS) is 13.9. The van der Waals surface area contributed by atoms with Gasteiger partial charge in [0.05, 0.1) is 10.9 Å². The third kappa shape index (κ3) is 8.46. The van der Waals surface area contributed by atoms with Gasteiger partial charge in [0.15, 0.2) is 0 Å². The fourth-order valence-corrected chi connectivity index (χ4v) is 6.43. The van der Waals surface area contributed by atoms with E-state index in [1.165, 1.54) is 23.9 Å². The number of nitrogens with zero attached hydrogens (tertiary/aromatic N) is 2. The van der Waals surface area contributed by atoms with Crippen LogP contribution in [0.2, 0.25) is 0 Å². The molecular weight excluding hydrogens is 640 g/mol. The van der Waals surface area contributed by atoms with Crippen molar-refractivity contribution in [2.45, 2.75) is 17.1 Å². The van der Waals surface area contributed by atoms with Crippen LogP contribution < -0.4 is 15.5 Å². The minimum Gasteiger partial charge on any atom is -0.457 e. The summed E-state index contributed by atoms with van der Waals surface area (Å²) in [6.45, 7) is 4.04. The Morgan fingerprint density at radius 2 is 1.45 bits per heavy atom. The van der Waals surface area contributed by atoms with E-state index in [9.17, 15) is 18.8 Å². The first kappa shape index (κ1) is 33.3. The summed E-state index contributed by atoms with van der Waals surface area (Å²) >= 11 is 1.43. The summed E-state index contributed by atoms with van der Waals surface area (Å²) in [5.74, 6) is -0.169. The Bertz CT molecular complexity index is 1940. The Morgan fingerprint density at radius 1 is 0.796 bits per heavy atom. The van der Waals surface area contributed by atoms with Gasteiger partial charge in [0.1, 0.15) is 23.0 Å². The molecule has 8 nitrogen and oxygen atoms in total. The van der Waals surface area contributed by atoms with Crippen molar-refractivity contribution in [1.29, 1.82) is 0 Å². The van der Waals surface area contributed by atoms with E-state index in [-0.39, 0.29) is 22.7 Å². The standard InChI is InChI=1S/C39H35FN4O4S/c1-27(39(47)44-24-22-43(23-25-44)35-15-9-8-14-33(35)40)49-32-19-16-30(17-20-32)41-38(46)34(42-37(45)29-12-6-3-7-13-29)26-31-18-21-36(48-31)28-10-4-2-5-11-28/h2-21,26-27H,22-25H2,1H3,(H,41,46)(H,42,45). The van der Waals surface area contributed by atoms with Crippen LogP contribution in [0.3, 0.4) is 0 Å². The number of carbonyl (C=O) groups is 3. The zero-order valence-electron chi connectivity index (χ0n) is 26.8. The summed E-state index contributed by atoms with van der Waals surface area (Å²) in [5.41, 5.74) is 2.38. The largest absolute Gasteiger partial charge is 0.457 e. The van der Waals surface area contributed by atoms with Crippen molar-refractivity contribution in [3.05, 3.63) is 144 Å². The van der Waals surface area contributed by atoms with Crippen LogP contribution in [-0.4, -0.2) is 54.1 Å². The van der Waals surface area contributed by atoms with Gasteiger partial charge < -0.3 is 24.9 Å². The number of nitrogens with one attached hydrogen (secondary N) is 2. The van der Waals surface area contributed by atoms with E-state index >= 15 is 0 Å². The van der Waals surface area contributed by atoms with Crippen LogP contribution in [0.15, 0.2) is 136 Å². The summed E-state index contributed by atoms with van der Waals surface area (Å²) in [6.07, 6.45) is 1.50. The summed E-state index contributed by atoms with van der Waals surface area (Å²) in [6, 6.07) is 35.6. The summed E-state index contributed by atoms with van der Waals surface area (Å²) in [5, 5.41) is 5.25. The zero-order chi connectivity index (χ0) is 34.2. The van der Waals surface area contributed by atoms with Gasteiger partial charge in [-0.25, -0.2) is 4.39 Å². The molecule has 1 saturated heterocycles. The van der Waals surface area contributed by atoms with Crippen LogP contribution in [0, 0.1) is 5.82 Å². The number of carbonyl (C=O) groups excluding carboxylic acids is 3. The molecule has 10 heteroatoms. The Morgan fingerprint density at radius 3 is 2.14 bits per heavy atom. The monoisotopic (exact) mass is 674 g/mol. The van der Waals surface area contributed by atoms with Crippen LogP contribution in [-0.2, 0) is 9.59 Å². The SMILES string of the molecule is CC(Sc1ccc(NC(=O)C(=Cc2ccc(-c3ccccc3)o2)NC(=O)c2ccccc2)cc1)C(=O)N1CCN(c2ccccc2F)CC1. The minimum atomic E-state index is -0.527. The number of halogens is 1. The maximum Gasteiger partial charge on any atom is 0.272 e. The molecule has 0 bridgehead atoms. The number of hydrogen-bond acceptors (Lipinski definition) is 6. The highest BCUT2D eigenvalue weighted by molar-refractivity contribution is 8.00. The highest BCUT2D eigenvalue weighted by Crippen LogP contribution is 2.28. The van der Waals surface area contributed by atoms with Crippen LogP contribution in [0.5, 0.6) is 0 Å². The highest BCUT2D eigenvalue weighted by Gasteiger charge is 2.26. The van der Waals surface area contributed by atoms with Gasteiger partial charge >= 0.3 is 0 Å². The van der Waals surface area contributed by atoms with E-state index in [0.717, 1.165) is 10.5 Å². The number of furan rings is 1. The molecule has 1 aromatic heterocycles. The molecule has 5 aromatic rings. The van der Waals surface area contributed by atoms with Crippen molar-refractivity contribution in [2.75, 3.05) is 36.4 Å². The maximum absolute atomic E-state index is 14.2. The number of rotatable bonds is 10. The lowest BCUT2D eigenvalue weighted by Gasteiger charge is -2.37. The van der Waals surface area contributed by atoms with Gasteiger partial charge in [-0.3, -0.25) is 14.4 Å². The molecule has 0 spiro atoms. The number of benzene rings is 4. The molecule has 1 fully saturated rings. The summed E-state index contributed by atoms with van der Waals surface area (Å²) < 4.78 is 20.2. The molecule has 1 atom stereocenters. The van der Waals surface area contributed by atoms with Crippen molar-refractivity contribution in [3.8, 4) is 11.3 Å². The molecule has 2 heterocycles. The Hall–Kier alpha value is -5.61. The topological polar surface area (TPSA) is 94.9 Å². The summed E-state index contributed by atoms with van der Waals surface area (Å²) in [7, 11) is 0. The average molecular weight is 675 g/mol. The molecule has 0 aliphatic carbocycles. The van der Waals surface area contributed by atoms with Crippen molar-refractivity contribution < 1.29 is 23.2 Å². The molecule has 2 N–H and O–H groups in total. The lowest BCUT2D eigenvalue weighted by Crippen LogP contribution is -2.50. The van der Waals surface area contributed by atoms with Gasteiger partial charge in [0.2, 0.25) is 5.91 Å². The molecule has 0 saturated carbocycles. The van der Waals surface area contributed by atoms with Crippen LogP contribution in [0.1, 0.15) is 23.0 Å². The predicted molar refractivity (Wildman–Crippen MR) is 192 cm³/mol. The number of piperazine rings is 1. The maximum atomic E-state index is 14.2. The van der Waals surface area contributed by atoms with Gasteiger partial charge in [-0.1, -0.05) is 60.7 Å². The Kier molecular flexibility index (Phi) is 10.6. The van der Waals surface area contributed by atoms with Crippen LogP contribution in [0.25, 0.3) is 17.4 Å². The zero-order valence-corrected chi connectivity index (χ0v) is 27.7. The molecule has 0 radical (unpaired) electrons. The molecular formula is C39H35FN4O4S. The van der Waals surface area contributed by atoms with E-state index in [2.05, 4.69) is 10.6 Å². The van der Waals surface area contributed by atoms with E-state index < -0.39 is 11.8 Å². The second-order valence-corrected chi connectivity index (χ2v) is 12.9. The fourth-order valence-electron chi connectivity index (χ4n) is 5.48. The second-order valence-electron chi connectivity index (χ2n) is 11.4. The van der Waals surface area contributed by atoms with E-state index in [1.54, 1.807) is 54.6 Å². The minimum absolute atomic E-state index is 0.00980. The number of hydrogen-bond donors (Lipinski definition) is 2. The molecule has 4 aromatic carbocycles. The molecule has 6 rings (SSSR count). The second kappa shape index (κ2) is 15.5. The van der Waals surface area contributed by atoms with Crippen LogP contribution in [0.4, 0.5) is 15.8 Å².